The molecular weight excluding hydrogens is 466 g/mol. The van der Waals surface area contributed by atoms with Crippen molar-refractivity contribution < 1.29 is 23.9 Å². The molecule has 2 rings (SSSR count). The number of carbonyl (C=O) groups is 3. The highest BCUT2D eigenvalue weighted by Gasteiger charge is 2.41. The Morgan fingerprint density at radius 2 is 1.83 bits per heavy atom. The summed E-state index contributed by atoms with van der Waals surface area (Å²) >= 11 is 7.55. The molecule has 0 bridgehead atoms. The summed E-state index contributed by atoms with van der Waals surface area (Å²) in [7, 11) is 2.75. The van der Waals surface area contributed by atoms with E-state index in [-0.39, 0.29) is 4.91 Å². The van der Waals surface area contributed by atoms with Crippen LogP contribution in [0, 0.1) is 0 Å². The molecule has 0 aliphatic carbocycles. The quantitative estimate of drug-likeness (QED) is 0.483. The monoisotopic (exact) mass is 477 g/mol. The van der Waals surface area contributed by atoms with Gasteiger partial charge in [-0.3, -0.25) is 14.5 Å². The van der Waals surface area contributed by atoms with Crippen molar-refractivity contribution in [3.05, 3.63) is 31.5 Å². The van der Waals surface area contributed by atoms with E-state index >= 15 is 0 Å². The summed E-state index contributed by atoms with van der Waals surface area (Å²) in [5, 5.41) is -0.504. The fourth-order valence-electron chi connectivity index (χ4n) is 2.10. The second-order valence-electron chi connectivity index (χ2n) is 4.77. The number of benzene rings is 1. The SMILES string of the molecule is COC(=O)[C@@H](C)N1C(=O)S/C(=C/c2cc(Br)c(OC)c(Br)c2)C1=O. The number of hydrogen-bond acceptors (Lipinski definition) is 6. The third kappa shape index (κ3) is 3.68. The summed E-state index contributed by atoms with van der Waals surface area (Å²) in [5.41, 5.74) is 0.700. The lowest BCUT2D eigenvalue weighted by atomic mass is 10.2. The molecule has 24 heavy (non-hydrogen) atoms. The second kappa shape index (κ2) is 7.71. The molecule has 1 fully saturated rings. The van der Waals surface area contributed by atoms with E-state index in [0.717, 1.165) is 16.7 Å². The maximum Gasteiger partial charge on any atom is 0.328 e. The number of thioether (sulfide) groups is 1. The van der Waals surface area contributed by atoms with Crippen molar-refractivity contribution in [2.24, 2.45) is 0 Å². The lowest BCUT2D eigenvalue weighted by Gasteiger charge is -2.18. The number of imide groups is 1. The number of amides is 2. The Morgan fingerprint density at radius 3 is 2.33 bits per heavy atom. The Kier molecular flexibility index (Phi) is 6.11. The van der Waals surface area contributed by atoms with Crippen LogP contribution in [0.4, 0.5) is 4.79 Å². The highest BCUT2D eigenvalue weighted by Crippen LogP contribution is 2.38. The number of hydrogen-bond donors (Lipinski definition) is 0. The summed E-state index contributed by atoms with van der Waals surface area (Å²) in [4.78, 5) is 37.2. The van der Waals surface area contributed by atoms with Crippen LogP contribution in [0.5, 0.6) is 5.75 Å². The molecule has 2 amide bonds. The van der Waals surface area contributed by atoms with Crippen LogP contribution in [0.25, 0.3) is 6.08 Å². The fourth-order valence-corrected chi connectivity index (χ4v) is 4.55. The van der Waals surface area contributed by atoms with Gasteiger partial charge in [0.25, 0.3) is 11.1 Å². The van der Waals surface area contributed by atoms with Gasteiger partial charge < -0.3 is 9.47 Å². The Morgan fingerprint density at radius 1 is 1.25 bits per heavy atom. The molecule has 9 heteroatoms. The summed E-state index contributed by atoms with van der Waals surface area (Å²) in [5.74, 6) is -0.543. The lowest BCUT2D eigenvalue weighted by Crippen LogP contribution is -2.42. The number of halogens is 2. The number of rotatable bonds is 4. The van der Waals surface area contributed by atoms with Gasteiger partial charge >= 0.3 is 5.97 Å². The Balaban J connectivity index is 2.34. The molecule has 1 heterocycles. The zero-order valence-electron chi connectivity index (χ0n) is 13.0. The van der Waals surface area contributed by atoms with E-state index in [9.17, 15) is 14.4 Å². The van der Waals surface area contributed by atoms with Gasteiger partial charge in [-0.05, 0) is 74.3 Å². The molecule has 6 nitrogen and oxygen atoms in total. The van der Waals surface area contributed by atoms with Crippen molar-refractivity contribution in [1.82, 2.24) is 4.90 Å². The van der Waals surface area contributed by atoms with E-state index in [1.165, 1.54) is 14.0 Å². The number of esters is 1. The van der Waals surface area contributed by atoms with Crippen LogP contribution in [0.3, 0.4) is 0 Å². The van der Waals surface area contributed by atoms with Gasteiger partial charge in [0.2, 0.25) is 0 Å². The van der Waals surface area contributed by atoms with Gasteiger partial charge in [0, 0.05) is 0 Å². The number of nitrogens with zero attached hydrogens (tertiary/aromatic N) is 1. The van der Waals surface area contributed by atoms with Crippen LogP contribution in [0.2, 0.25) is 0 Å². The van der Waals surface area contributed by atoms with Gasteiger partial charge in [-0.2, -0.15) is 0 Å². The van der Waals surface area contributed by atoms with Crippen LogP contribution in [-0.2, 0) is 14.3 Å². The van der Waals surface area contributed by atoms with Crippen LogP contribution < -0.4 is 4.74 Å². The van der Waals surface area contributed by atoms with E-state index < -0.39 is 23.2 Å². The first-order chi connectivity index (χ1) is 11.3. The molecule has 1 aliphatic rings. The topological polar surface area (TPSA) is 72.9 Å². The molecule has 0 unspecified atom stereocenters. The van der Waals surface area contributed by atoms with Crippen molar-refractivity contribution in [3.63, 3.8) is 0 Å². The predicted octanol–water partition coefficient (Wildman–Crippen LogP) is 3.82. The van der Waals surface area contributed by atoms with Gasteiger partial charge in [0.05, 0.1) is 28.1 Å². The van der Waals surface area contributed by atoms with Crippen LogP contribution in [0.15, 0.2) is 26.0 Å². The van der Waals surface area contributed by atoms with E-state index in [2.05, 4.69) is 36.6 Å². The molecule has 1 saturated heterocycles. The highest BCUT2D eigenvalue weighted by molar-refractivity contribution is 9.11. The Bertz CT molecular complexity index is 726. The minimum Gasteiger partial charge on any atom is -0.494 e. The Labute approximate surface area is 159 Å². The standard InChI is InChI=1S/C15H13Br2NO5S/c1-7(14(20)23-3)18-13(19)11(24-15(18)21)6-8-4-9(16)12(22-2)10(17)5-8/h4-7H,1-3H3/b11-6+/t7-/m1/s1. The summed E-state index contributed by atoms with van der Waals surface area (Å²) in [6, 6.07) is 2.56. The van der Waals surface area contributed by atoms with Crippen LogP contribution in [-0.4, -0.2) is 42.3 Å². The first kappa shape index (κ1) is 19.0. The summed E-state index contributed by atoms with van der Waals surface area (Å²) < 4.78 is 11.2. The maximum atomic E-state index is 12.4. The molecule has 0 aromatic heterocycles. The van der Waals surface area contributed by atoms with Crippen LogP contribution >= 0.6 is 43.6 Å². The van der Waals surface area contributed by atoms with E-state index in [0.29, 0.717) is 20.3 Å². The third-order valence-electron chi connectivity index (χ3n) is 3.28. The maximum absolute atomic E-state index is 12.4. The van der Waals surface area contributed by atoms with E-state index in [4.69, 9.17) is 4.74 Å². The molecule has 0 saturated carbocycles. The van der Waals surface area contributed by atoms with Crippen molar-refractivity contribution in [1.29, 1.82) is 0 Å². The molecule has 1 aromatic rings. The predicted molar refractivity (Wildman–Crippen MR) is 97.7 cm³/mol. The number of methoxy groups -OCH3 is 2. The molecule has 128 valence electrons. The highest BCUT2D eigenvalue weighted by atomic mass is 79.9. The van der Waals surface area contributed by atoms with E-state index in [1.807, 2.05) is 0 Å². The van der Waals surface area contributed by atoms with Crippen molar-refractivity contribution in [2.45, 2.75) is 13.0 Å². The third-order valence-corrected chi connectivity index (χ3v) is 5.34. The number of ether oxygens (including phenoxy) is 2. The first-order valence-corrected chi connectivity index (χ1v) is 9.08. The van der Waals surface area contributed by atoms with Crippen molar-refractivity contribution in [2.75, 3.05) is 14.2 Å². The van der Waals surface area contributed by atoms with Gasteiger partial charge in [0.1, 0.15) is 11.8 Å². The first-order valence-electron chi connectivity index (χ1n) is 6.68. The minimum atomic E-state index is -0.970. The molecule has 0 N–H and O–H groups in total. The summed E-state index contributed by atoms with van der Waals surface area (Å²) in [6.45, 7) is 1.45. The Hall–Kier alpha value is -1.32. The van der Waals surface area contributed by atoms with E-state index in [1.54, 1.807) is 25.3 Å². The lowest BCUT2D eigenvalue weighted by molar-refractivity contribution is -0.148. The molecule has 1 aromatic carbocycles. The molecule has 0 spiro atoms. The summed E-state index contributed by atoms with van der Waals surface area (Å²) in [6.07, 6.45) is 1.59. The van der Waals surface area contributed by atoms with Gasteiger partial charge in [-0.1, -0.05) is 0 Å². The molecule has 1 aliphatic heterocycles. The zero-order chi connectivity index (χ0) is 18.0. The van der Waals surface area contributed by atoms with Gasteiger partial charge in [0.15, 0.2) is 0 Å². The smallest absolute Gasteiger partial charge is 0.328 e. The van der Waals surface area contributed by atoms with Crippen LogP contribution in [0.1, 0.15) is 12.5 Å². The normalized spacial score (nSPS) is 17.4. The number of carbonyl (C=O) groups excluding carboxylic acids is 3. The molecule has 0 radical (unpaired) electrons. The average molecular weight is 479 g/mol. The molecular formula is C15H13Br2NO5S. The van der Waals surface area contributed by atoms with Crippen molar-refractivity contribution >= 4 is 66.8 Å². The van der Waals surface area contributed by atoms with Crippen molar-refractivity contribution in [3.8, 4) is 5.75 Å². The largest absolute Gasteiger partial charge is 0.494 e. The molecule has 1 atom stereocenters. The second-order valence-corrected chi connectivity index (χ2v) is 7.47. The zero-order valence-corrected chi connectivity index (χ0v) is 17.0. The fraction of sp³-hybridized carbons (Fsp3) is 0.267. The van der Waals surface area contributed by atoms with Gasteiger partial charge in [-0.15, -0.1) is 0 Å². The average Bonchev–Trinajstić information content (AvgIpc) is 2.79. The minimum absolute atomic E-state index is 0.236. The van der Waals surface area contributed by atoms with Gasteiger partial charge in [-0.25, -0.2) is 4.79 Å².